The summed E-state index contributed by atoms with van der Waals surface area (Å²) in [5.74, 6) is -0.509. The van der Waals surface area contributed by atoms with Gasteiger partial charge in [0, 0.05) is 17.4 Å². The fraction of sp³-hybridized carbons (Fsp3) is 0.462. The highest BCUT2D eigenvalue weighted by atomic mass is 35.5. The van der Waals surface area contributed by atoms with Gasteiger partial charge in [-0.1, -0.05) is 24.4 Å². The van der Waals surface area contributed by atoms with E-state index in [4.69, 9.17) is 17.3 Å². The molecule has 0 aromatic heterocycles. The number of hydrogen-bond donors (Lipinski definition) is 2. The van der Waals surface area contributed by atoms with E-state index in [1.54, 1.807) is 12.1 Å². The molecule has 5 heteroatoms. The van der Waals surface area contributed by atoms with E-state index in [9.17, 15) is 4.79 Å². The first-order chi connectivity index (χ1) is 8.61. The summed E-state index contributed by atoms with van der Waals surface area (Å²) in [5.41, 5.74) is 7.28. The predicted molar refractivity (Wildman–Crippen MR) is 73.1 cm³/mol. The molecule has 18 heavy (non-hydrogen) atoms. The number of anilines is 2. The molecule has 1 aliphatic rings. The number of carbonyl (C=O) groups is 1. The highest BCUT2D eigenvalue weighted by molar-refractivity contribution is 6.34. The molecule has 0 aliphatic heterocycles. The van der Waals surface area contributed by atoms with Gasteiger partial charge in [0.2, 0.25) is 0 Å². The lowest BCUT2D eigenvalue weighted by molar-refractivity contribution is 0.0602. The average Bonchev–Trinajstić information content (AvgIpc) is 2.80. The summed E-state index contributed by atoms with van der Waals surface area (Å²) in [4.78, 5) is 11.5. The van der Waals surface area contributed by atoms with Crippen molar-refractivity contribution in [1.29, 1.82) is 0 Å². The maximum atomic E-state index is 11.5. The van der Waals surface area contributed by atoms with E-state index in [2.05, 4.69) is 10.1 Å². The first-order valence-electron chi connectivity index (χ1n) is 6.05. The first kappa shape index (κ1) is 13.0. The minimum atomic E-state index is -0.509. The largest absolute Gasteiger partial charge is 0.465 e. The molecule has 2 rings (SSSR count). The Hall–Kier alpha value is -1.42. The molecule has 0 heterocycles. The summed E-state index contributed by atoms with van der Waals surface area (Å²) in [5, 5.41) is 3.71. The van der Waals surface area contributed by atoms with Gasteiger partial charge in [0.1, 0.15) is 5.56 Å². The van der Waals surface area contributed by atoms with Crippen molar-refractivity contribution in [3.8, 4) is 0 Å². The van der Waals surface area contributed by atoms with E-state index in [-0.39, 0.29) is 5.56 Å². The van der Waals surface area contributed by atoms with Gasteiger partial charge >= 0.3 is 5.97 Å². The molecular weight excluding hydrogens is 252 g/mol. The van der Waals surface area contributed by atoms with Crippen molar-refractivity contribution in [1.82, 2.24) is 0 Å². The summed E-state index contributed by atoms with van der Waals surface area (Å²) in [6, 6.07) is 3.93. The summed E-state index contributed by atoms with van der Waals surface area (Å²) in [7, 11) is 1.31. The molecule has 1 saturated carbocycles. The van der Waals surface area contributed by atoms with Crippen molar-refractivity contribution in [3.63, 3.8) is 0 Å². The zero-order valence-electron chi connectivity index (χ0n) is 10.3. The third-order valence-electron chi connectivity index (χ3n) is 3.24. The second kappa shape index (κ2) is 5.48. The summed E-state index contributed by atoms with van der Waals surface area (Å²) >= 11 is 6.07. The van der Waals surface area contributed by atoms with Crippen molar-refractivity contribution in [3.05, 3.63) is 22.7 Å². The van der Waals surface area contributed by atoms with Crippen LogP contribution in [0.1, 0.15) is 36.0 Å². The number of rotatable bonds is 3. The molecule has 3 N–H and O–H groups in total. The van der Waals surface area contributed by atoms with Crippen molar-refractivity contribution in [2.75, 3.05) is 18.2 Å². The van der Waals surface area contributed by atoms with Crippen LogP contribution in [0.3, 0.4) is 0 Å². The van der Waals surface area contributed by atoms with Crippen LogP contribution >= 0.6 is 11.6 Å². The minimum absolute atomic E-state index is 0.233. The van der Waals surface area contributed by atoms with Crippen LogP contribution in [0.4, 0.5) is 11.4 Å². The summed E-state index contributed by atoms with van der Waals surface area (Å²) < 4.78 is 4.65. The molecule has 1 fully saturated rings. The number of ether oxygens (including phenoxy) is 1. The number of carbonyl (C=O) groups excluding carboxylic acids is 1. The van der Waals surface area contributed by atoms with Gasteiger partial charge < -0.3 is 15.8 Å². The lowest BCUT2D eigenvalue weighted by atomic mass is 10.1. The average molecular weight is 269 g/mol. The van der Waals surface area contributed by atoms with Gasteiger partial charge in [0.25, 0.3) is 0 Å². The van der Waals surface area contributed by atoms with E-state index in [0.29, 0.717) is 16.8 Å². The van der Waals surface area contributed by atoms with E-state index in [0.717, 1.165) is 18.5 Å². The fourth-order valence-electron chi connectivity index (χ4n) is 2.33. The Morgan fingerprint density at radius 2 is 2.11 bits per heavy atom. The molecular formula is C13H17ClN2O2. The number of nitrogen functional groups attached to an aromatic ring is 1. The minimum Gasteiger partial charge on any atom is -0.465 e. The molecule has 0 amide bonds. The Bertz CT molecular complexity index is 433. The smallest absolute Gasteiger partial charge is 0.341 e. The number of halogens is 1. The van der Waals surface area contributed by atoms with E-state index in [1.807, 2.05) is 0 Å². The lowest BCUT2D eigenvalue weighted by Crippen LogP contribution is -2.15. The molecule has 0 bridgehead atoms. The third-order valence-corrected chi connectivity index (χ3v) is 3.53. The predicted octanol–water partition coefficient (Wildman–Crippen LogP) is 3.06. The van der Waals surface area contributed by atoms with Crippen LogP contribution in [0.2, 0.25) is 5.02 Å². The number of benzene rings is 1. The highest BCUT2D eigenvalue weighted by Crippen LogP contribution is 2.30. The fourth-order valence-corrected chi connectivity index (χ4v) is 2.64. The van der Waals surface area contributed by atoms with Crippen molar-refractivity contribution in [2.24, 2.45) is 0 Å². The molecule has 1 aliphatic carbocycles. The topological polar surface area (TPSA) is 64.3 Å². The molecule has 0 atom stereocenters. The van der Waals surface area contributed by atoms with E-state index >= 15 is 0 Å². The van der Waals surface area contributed by atoms with Gasteiger partial charge in [-0.3, -0.25) is 0 Å². The van der Waals surface area contributed by atoms with Gasteiger partial charge in [-0.2, -0.15) is 0 Å². The van der Waals surface area contributed by atoms with Crippen molar-refractivity contribution < 1.29 is 9.53 Å². The van der Waals surface area contributed by atoms with Crippen LogP contribution in [-0.2, 0) is 4.74 Å². The van der Waals surface area contributed by atoms with Gasteiger partial charge in [-0.25, -0.2) is 4.79 Å². The second-order valence-electron chi connectivity index (χ2n) is 4.54. The second-order valence-corrected chi connectivity index (χ2v) is 4.95. The molecule has 0 unspecified atom stereocenters. The lowest BCUT2D eigenvalue weighted by Gasteiger charge is -2.15. The Kier molecular flexibility index (Phi) is 3.97. The standard InChI is InChI=1S/C13H17ClN2O2/c1-18-13(17)12-10(14)6-9(7-11(12)15)16-8-4-2-3-5-8/h6-8,16H,2-5,15H2,1H3. The van der Waals surface area contributed by atoms with Crippen LogP contribution in [0.5, 0.6) is 0 Å². The van der Waals surface area contributed by atoms with Crippen LogP contribution in [0.15, 0.2) is 12.1 Å². The Balaban J connectivity index is 2.21. The van der Waals surface area contributed by atoms with Gasteiger partial charge in [-0.05, 0) is 25.0 Å². The third kappa shape index (κ3) is 2.70. The summed E-state index contributed by atoms with van der Waals surface area (Å²) in [6.07, 6.45) is 4.83. The zero-order valence-corrected chi connectivity index (χ0v) is 11.1. The molecule has 0 radical (unpaired) electrons. The monoisotopic (exact) mass is 268 g/mol. The molecule has 1 aromatic rings. The zero-order chi connectivity index (χ0) is 13.1. The summed E-state index contributed by atoms with van der Waals surface area (Å²) in [6.45, 7) is 0. The number of methoxy groups -OCH3 is 1. The van der Waals surface area contributed by atoms with Crippen molar-refractivity contribution >= 4 is 28.9 Å². The molecule has 0 saturated heterocycles. The van der Waals surface area contributed by atoms with E-state index in [1.165, 1.54) is 20.0 Å². The van der Waals surface area contributed by atoms with Crippen LogP contribution in [-0.4, -0.2) is 19.1 Å². The van der Waals surface area contributed by atoms with Gasteiger partial charge in [0.15, 0.2) is 0 Å². The number of nitrogens with two attached hydrogens (primary N) is 1. The molecule has 1 aromatic carbocycles. The molecule has 4 nitrogen and oxygen atoms in total. The SMILES string of the molecule is COC(=O)c1c(N)cc(NC2CCCC2)cc1Cl. The number of esters is 1. The van der Waals surface area contributed by atoms with Gasteiger partial charge in [-0.15, -0.1) is 0 Å². The Labute approximate surface area is 111 Å². The number of hydrogen-bond acceptors (Lipinski definition) is 4. The number of nitrogens with one attached hydrogen (secondary N) is 1. The quantitative estimate of drug-likeness (QED) is 0.653. The maximum Gasteiger partial charge on any atom is 0.341 e. The first-order valence-corrected chi connectivity index (χ1v) is 6.43. The van der Waals surface area contributed by atoms with Crippen LogP contribution < -0.4 is 11.1 Å². The van der Waals surface area contributed by atoms with Crippen LogP contribution in [0.25, 0.3) is 0 Å². The molecule has 98 valence electrons. The normalized spacial score (nSPS) is 15.7. The van der Waals surface area contributed by atoms with Crippen LogP contribution in [0, 0.1) is 0 Å². The van der Waals surface area contributed by atoms with Gasteiger partial charge in [0.05, 0.1) is 12.1 Å². The highest BCUT2D eigenvalue weighted by Gasteiger charge is 2.18. The maximum absolute atomic E-state index is 11.5. The van der Waals surface area contributed by atoms with Crippen molar-refractivity contribution in [2.45, 2.75) is 31.7 Å². The molecule has 0 spiro atoms. The van der Waals surface area contributed by atoms with E-state index < -0.39 is 5.97 Å². The Morgan fingerprint density at radius 1 is 1.44 bits per heavy atom. The Morgan fingerprint density at radius 3 is 2.67 bits per heavy atom.